The van der Waals surface area contributed by atoms with Crippen LogP contribution in [0.4, 0.5) is 0 Å². The summed E-state index contributed by atoms with van der Waals surface area (Å²) in [6, 6.07) is 0. The molecule has 0 aliphatic carbocycles. The maximum atomic E-state index is 11.9. The highest BCUT2D eigenvalue weighted by Gasteiger charge is 2.17. The number of aromatic nitrogens is 5. The van der Waals surface area contributed by atoms with Gasteiger partial charge in [0, 0.05) is 7.05 Å². The molecule has 1 N–H and O–H groups in total. The minimum Gasteiger partial charge on any atom is -0.615 e. The lowest BCUT2D eigenvalue weighted by Crippen LogP contribution is -2.32. The van der Waals surface area contributed by atoms with Gasteiger partial charge in [0.15, 0.2) is 11.3 Å². The van der Waals surface area contributed by atoms with Crippen LogP contribution in [-0.2, 0) is 17.1 Å². The van der Waals surface area contributed by atoms with Crippen LogP contribution in [0, 0.1) is 0 Å². The van der Waals surface area contributed by atoms with Crippen molar-refractivity contribution in [1.82, 2.24) is 29.7 Å². The number of carbonyl (C=O) groups excluding carboxylic acids is 1. The molecule has 96 valence electrons. The molecule has 0 spiro atoms. The third-order valence-electron chi connectivity index (χ3n) is 2.16. The van der Waals surface area contributed by atoms with Crippen LogP contribution >= 0.6 is 0 Å². The quantitative estimate of drug-likeness (QED) is 0.643. The van der Waals surface area contributed by atoms with Gasteiger partial charge in [-0.2, -0.15) is 0 Å². The van der Waals surface area contributed by atoms with E-state index in [2.05, 4.69) is 20.6 Å². The summed E-state index contributed by atoms with van der Waals surface area (Å²) in [4.78, 5) is 27.2. The average molecular weight is 270 g/mol. The maximum Gasteiger partial charge on any atom is 0.357 e. The van der Waals surface area contributed by atoms with Crippen molar-refractivity contribution < 1.29 is 9.35 Å². The third kappa shape index (κ3) is 2.07. The number of nitrogens with one attached hydrogen (secondary N) is 1. The van der Waals surface area contributed by atoms with Gasteiger partial charge in [0.25, 0.3) is 5.91 Å². The van der Waals surface area contributed by atoms with E-state index in [-0.39, 0.29) is 17.2 Å². The standard InChI is InChI=1S/C8H10N6O3S/c1-9-7(15)5-6-11-12-14(4-18(2)17)8(16)13(6)3-10-5/h3H,4H2,1-2H3,(H,9,15). The van der Waals surface area contributed by atoms with Gasteiger partial charge in [0.2, 0.25) is 5.88 Å². The van der Waals surface area contributed by atoms with Gasteiger partial charge in [-0.1, -0.05) is 5.21 Å². The Bertz CT molecular complexity index is 648. The van der Waals surface area contributed by atoms with E-state index < -0.39 is 22.8 Å². The van der Waals surface area contributed by atoms with E-state index in [4.69, 9.17) is 0 Å². The molecule has 2 rings (SSSR count). The van der Waals surface area contributed by atoms with Gasteiger partial charge < -0.3 is 9.87 Å². The maximum absolute atomic E-state index is 11.9. The lowest BCUT2D eigenvalue weighted by atomic mass is 10.4. The average Bonchev–Trinajstić information content (AvgIpc) is 2.76. The van der Waals surface area contributed by atoms with E-state index >= 15 is 0 Å². The number of rotatable bonds is 3. The molecule has 0 saturated carbocycles. The molecule has 2 aromatic heterocycles. The number of amides is 1. The summed E-state index contributed by atoms with van der Waals surface area (Å²) < 4.78 is 13.1. The Morgan fingerprint density at radius 1 is 1.61 bits per heavy atom. The van der Waals surface area contributed by atoms with Gasteiger partial charge >= 0.3 is 5.69 Å². The second-order valence-electron chi connectivity index (χ2n) is 3.44. The van der Waals surface area contributed by atoms with E-state index in [1.54, 1.807) is 0 Å². The topological polar surface area (TPSA) is 117 Å². The highest BCUT2D eigenvalue weighted by molar-refractivity contribution is 7.89. The molecule has 0 aliphatic heterocycles. The molecule has 0 radical (unpaired) electrons. The summed E-state index contributed by atoms with van der Waals surface area (Å²) in [6.45, 7) is 0. The molecular weight excluding hydrogens is 260 g/mol. The second kappa shape index (κ2) is 4.74. The molecule has 9 nitrogen and oxygen atoms in total. The third-order valence-corrected chi connectivity index (χ3v) is 2.77. The lowest BCUT2D eigenvalue weighted by molar-refractivity contribution is 0.0960. The minimum atomic E-state index is -1.23. The zero-order valence-electron chi connectivity index (χ0n) is 9.65. The molecule has 0 bridgehead atoms. The fraction of sp³-hybridized carbons (Fsp3) is 0.375. The number of nitrogens with zero attached hydrogens (tertiary/aromatic N) is 5. The van der Waals surface area contributed by atoms with Crippen molar-refractivity contribution in [3.8, 4) is 0 Å². The molecule has 10 heteroatoms. The predicted molar refractivity (Wildman–Crippen MR) is 62.5 cm³/mol. The van der Waals surface area contributed by atoms with Crippen LogP contribution in [-0.4, -0.2) is 48.1 Å². The summed E-state index contributed by atoms with van der Waals surface area (Å²) in [7, 11) is 1.45. The SMILES string of the molecule is CNC(=O)c1ncn2c(=O)n(C[S+](C)[O-])nnc12. The predicted octanol–water partition coefficient (Wildman–Crippen LogP) is -2.02. The number of hydrogen-bond acceptors (Lipinski definition) is 6. The summed E-state index contributed by atoms with van der Waals surface area (Å²) in [5.74, 6) is -0.516. The highest BCUT2D eigenvalue weighted by atomic mass is 32.2. The minimum absolute atomic E-state index is 0.0203. The second-order valence-corrected chi connectivity index (χ2v) is 4.84. The van der Waals surface area contributed by atoms with Crippen molar-refractivity contribution in [2.75, 3.05) is 13.3 Å². The Kier molecular flexibility index (Phi) is 3.30. The number of hydrogen-bond donors (Lipinski definition) is 1. The largest absolute Gasteiger partial charge is 0.615 e. The van der Waals surface area contributed by atoms with Gasteiger partial charge in [-0.05, 0) is 11.2 Å². The van der Waals surface area contributed by atoms with Crippen LogP contribution in [0.25, 0.3) is 5.65 Å². The molecule has 2 heterocycles. The number of fused-ring (bicyclic) bond motifs is 1. The van der Waals surface area contributed by atoms with Crippen LogP contribution in [0.15, 0.2) is 11.1 Å². The monoisotopic (exact) mass is 270 g/mol. The zero-order valence-corrected chi connectivity index (χ0v) is 10.5. The molecule has 0 aromatic carbocycles. The van der Waals surface area contributed by atoms with Crippen LogP contribution in [0.1, 0.15) is 10.5 Å². The molecule has 1 unspecified atom stereocenters. The molecule has 0 aliphatic rings. The molecule has 0 fully saturated rings. The molecule has 2 aromatic rings. The Balaban J connectivity index is 2.57. The molecule has 0 saturated heterocycles. The molecule has 18 heavy (non-hydrogen) atoms. The lowest BCUT2D eigenvalue weighted by Gasteiger charge is -2.05. The zero-order chi connectivity index (χ0) is 13.3. The van der Waals surface area contributed by atoms with Gasteiger partial charge in [0.1, 0.15) is 6.33 Å². The van der Waals surface area contributed by atoms with E-state index in [9.17, 15) is 14.1 Å². The van der Waals surface area contributed by atoms with Crippen LogP contribution in [0.5, 0.6) is 0 Å². The first kappa shape index (κ1) is 12.5. The van der Waals surface area contributed by atoms with Crippen LogP contribution in [0.2, 0.25) is 0 Å². The molecule has 1 amide bonds. The van der Waals surface area contributed by atoms with Crippen molar-refractivity contribution in [2.45, 2.75) is 5.88 Å². The number of imidazole rings is 1. The first-order valence-corrected chi connectivity index (χ1v) is 6.60. The van der Waals surface area contributed by atoms with Gasteiger partial charge in [-0.3, -0.25) is 4.79 Å². The fourth-order valence-electron chi connectivity index (χ4n) is 1.37. The molecular formula is C8H10N6O3S. The summed E-state index contributed by atoms with van der Waals surface area (Å²) >= 11 is -1.23. The van der Waals surface area contributed by atoms with Crippen molar-refractivity contribution in [2.24, 2.45) is 0 Å². The van der Waals surface area contributed by atoms with Crippen molar-refractivity contribution >= 4 is 22.7 Å². The van der Waals surface area contributed by atoms with E-state index in [0.717, 1.165) is 9.08 Å². The van der Waals surface area contributed by atoms with E-state index in [1.807, 2.05) is 0 Å². The Hall–Kier alpha value is -1.94. The van der Waals surface area contributed by atoms with Gasteiger partial charge in [0.05, 0.1) is 6.26 Å². The van der Waals surface area contributed by atoms with Gasteiger partial charge in [-0.15, -0.1) is 9.78 Å². The normalized spacial score (nSPS) is 12.6. The summed E-state index contributed by atoms with van der Waals surface area (Å²) in [5, 5.41) is 9.74. The van der Waals surface area contributed by atoms with Crippen molar-refractivity contribution in [3.63, 3.8) is 0 Å². The van der Waals surface area contributed by atoms with Crippen LogP contribution < -0.4 is 11.0 Å². The highest BCUT2D eigenvalue weighted by Crippen LogP contribution is 2.02. The number of carbonyl (C=O) groups is 1. The first-order valence-electron chi connectivity index (χ1n) is 4.87. The van der Waals surface area contributed by atoms with E-state index in [1.165, 1.54) is 19.6 Å². The Morgan fingerprint density at radius 2 is 2.33 bits per heavy atom. The van der Waals surface area contributed by atoms with Crippen molar-refractivity contribution in [3.05, 3.63) is 22.5 Å². The Morgan fingerprint density at radius 3 is 2.94 bits per heavy atom. The van der Waals surface area contributed by atoms with E-state index in [0.29, 0.717) is 0 Å². The summed E-state index contributed by atoms with van der Waals surface area (Å²) in [5.41, 5.74) is -0.456. The van der Waals surface area contributed by atoms with Crippen molar-refractivity contribution in [1.29, 1.82) is 0 Å². The Labute approximate surface area is 104 Å². The van der Waals surface area contributed by atoms with Gasteiger partial charge in [-0.25, -0.2) is 14.2 Å². The summed E-state index contributed by atoms with van der Waals surface area (Å²) in [6.07, 6.45) is 2.63. The fourth-order valence-corrected chi connectivity index (χ4v) is 1.87. The smallest absolute Gasteiger partial charge is 0.357 e. The molecule has 1 atom stereocenters. The first-order chi connectivity index (χ1) is 8.54. The van der Waals surface area contributed by atoms with Crippen LogP contribution in [0.3, 0.4) is 0 Å².